The smallest absolute Gasteiger partial charge is 0.0859 e. The van der Waals surface area contributed by atoms with E-state index in [1.54, 1.807) is 0 Å². The second-order valence-electron chi connectivity index (χ2n) is 2.96. The third kappa shape index (κ3) is 1.72. The van der Waals surface area contributed by atoms with Crippen molar-refractivity contribution in [1.29, 1.82) is 0 Å². The van der Waals surface area contributed by atoms with E-state index in [0.717, 1.165) is 25.5 Å². The predicted octanol–water partition coefficient (Wildman–Crippen LogP) is 4.67. The van der Waals surface area contributed by atoms with Gasteiger partial charge in [0.1, 0.15) is 0 Å². The van der Waals surface area contributed by atoms with Crippen molar-refractivity contribution in [3.05, 3.63) is 36.4 Å². The maximum absolute atomic E-state index is 4.55. The zero-order valence-electron chi connectivity index (χ0n) is 7.31. The summed E-state index contributed by atoms with van der Waals surface area (Å²) in [7, 11) is 0. The van der Waals surface area contributed by atoms with Gasteiger partial charge in [-0.2, -0.15) is 0 Å². The summed E-state index contributed by atoms with van der Waals surface area (Å²) in [5.74, 6) is 0. The third-order valence-corrected chi connectivity index (χ3v) is 5.54. The molecule has 0 aliphatic carbocycles. The number of hydrogen-bond acceptors (Lipinski definition) is 1. The number of para-hydroxylation sites is 1. The molecule has 0 amide bonds. The molecule has 1 aromatic heterocycles. The monoisotopic (exact) mass is 425 g/mol. The Balaban J connectivity index is 2.98. The number of rotatable bonds is 0. The van der Waals surface area contributed by atoms with Crippen LogP contribution in [0.4, 0.5) is 0 Å². The van der Waals surface area contributed by atoms with Crippen molar-refractivity contribution < 1.29 is 0 Å². The van der Waals surface area contributed by atoms with Crippen LogP contribution in [0.5, 0.6) is 0 Å². The SMILES string of the molecule is Cc1nc2c(Br)cccc2c(Br)c1I. The van der Waals surface area contributed by atoms with E-state index in [0.29, 0.717) is 0 Å². The van der Waals surface area contributed by atoms with E-state index >= 15 is 0 Å². The molecule has 0 aliphatic heterocycles. The Hall–Kier alpha value is 0.320. The molecule has 0 saturated heterocycles. The first-order chi connectivity index (χ1) is 6.61. The molecule has 0 bridgehead atoms. The molecule has 0 atom stereocenters. The molecule has 0 aliphatic rings. The molecule has 1 heterocycles. The predicted molar refractivity (Wildman–Crippen MR) is 74.6 cm³/mol. The van der Waals surface area contributed by atoms with Crippen LogP contribution in [-0.2, 0) is 0 Å². The lowest BCUT2D eigenvalue weighted by Crippen LogP contribution is -1.91. The second-order valence-corrected chi connectivity index (χ2v) is 5.69. The molecule has 0 N–H and O–H groups in total. The molecule has 4 heteroatoms. The Morgan fingerprint density at radius 3 is 2.71 bits per heavy atom. The van der Waals surface area contributed by atoms with E-state index in [1.807, 2.05) is 19.1 Å². The molecule has 1 aromatic carbocycles. The minimum Gasteiger partial charge on any atom is -0.251 e. The van der Waals surface area contributed by atoms with Crippen LogP contribution < -0.4 is 0 Å². The largest absolute Gasteiger partial charge is 0.251 e. The molecule has 0 fully saturated rings. The number of hydrogen-bond donors (Lipinski definition) is 0. The van der Waals surface area contributed by atoms with Crippen molar-refractivity contribution in [3.63, 3.8) is 0 Å². The molecule has 14 heavy (non-hydrogen) atoms. The van der Waals surface area contributed by atoms with Crippen LogP contribution in [0.3, 0.4) is 0 Å². The van der Waals surface area contributed by atoms with Crippen molar-refractivity contribution >= 4 is 65.4 Å². The van der Waals surface area contributed by atoms with Gasteiger partial charge in [0.2, 0.25) is 0 Å². The highest BCUT2D eigenvalue weighted by Gasteiger charge is 2.09. The number of pyridine rings is 1. The summed E-state index contributed by atoms with van der Waals surface area (Å²) in [4.78, 5) is 4.55. The van der Waals surface area contributed by atoms with Crippen molar-refractivity contribution in [2.75, 3.05) is 0 Å². The van der Waals surface area contributed by atoms with Gasteiger partial charge in [-0.3, -0.25) is 4.98 Å². The van der Waals surface area contributed by atoms with Crippen LogP contribution in [0, 0.1) is 10.5 Å². The summed E-state index contributed by atoms with van der Waals surface area (Å²) < 4.78 is 3.34. The quantitative estimate of drug-likeness (QED) is 0.558. The number of aromatic nitrogens is 1. The first-order valence-electron chi connectivity index (χ1n) is 4.01. The number of fused-ring (bicyclic) bond motifs is 1. The van der Waals surface area contributed by atoms with Crippen molar-refractivity contribution in [2.45, 2.75) is 6.92 Å². The van der Waals surface area contributed by atoms with Crippen LogP contribution in [0.1, 0.15) is 5.69 Å². The van der Waals surface area contributed by atoms with Crippen molar-refractivity contribution in [1.82, 2.24) is 4.98 Å². The van der Waals surface area contributed by atoms with E-state index in [4.69, 9.17) is 0 Å². The molecule has 0 unspecified atom stereocenters. The second kappa shape index (κ2) is 4.06. The molecule has 2 rings (SSSR count). The van der Waals surface area contributed by atoms with Crippen LogP contribution in [0.25, 0.3) is 10.9 Å². The van der Waals surface area contributed by atoms with Crippen LogP contribution in [0.15, 0.2) is 27.1 Å². The van der Waals surface area contributed by atoms with Crippen molar-refractivity contribution in [2.24, 2.45) is 0 Å². The minimum absolute atomic E-state index is 1.01. The van der Waals surface area contributed by atoms with Gasteiger partial charge in [-0.05, 0) is 67.4 Å². The van der Waals surface area contributed by atoms with Crippen LogP contribution >= 0.6 is 54.5 Å². The summed E-state index contributed by atoms with van der Waals surface area (Å²) in [6.45, 7) is 2.02. The fourth-order valence-electron chi connectivity index (χ4n) is 1.30. The number of aryl methyl sites for hydroxylation is 1. The van der Waals surface area contributed by atoms with Gasteiger partial charge in [0.15, 0.2) is 0 Å². The maximum Gasteiger partial charge on any atom is 0.0859 e. The summed E-state index contributed by atoms with van der Waals surface area (Å²) in [5.41, 5.74) is 2.06. The lowest BCUT2D eigenvalue weighted by atomic mass is 10.2. The Morgan fingerprint density at radius 1 is 1.29 bits per heavy atom. The lowest BCUT2D eigenvalue weighted by molar-refractivity contribution is 1.22. The molecule has 2 aromatic rings. The molecular formula is C10H6Br2IN. The Labute approximate surface area is 113 Å². The molecule has 0 radical (unpaired) electrons. The van der Waals surface area contributed by atoms with Gasteiger partial charge >= 0.3 is 0 Å². The van der Waals surface area contributed by atoms with Gasteiger partial charge in [-0.1, -0.05) is 12.1 Å². The van der Waals surface area contributed by atoms with Crippen LogP contribution in [0.2, 0.25) is 0 Å². The number of benzene rings is 1. The Morgan fingerprint density at radius 2 is 2.00 bits per heavy atom. The van der Waals surface area contributed by atoms with E-state index in [2.05, 4.69) is 65.5 Å². The summed E-state index contributed by atoms with van der Waals surface area (Å²) in [6.07, 6.45) is 0. The molecular weight excluding hydrogens is 421 g/mol. The Bertz CT molecular complexity index is 511. The highest BCUT2D eigenvalue weighted by atomic mass is 127. The average Bonchev–Trinajstić information content (AvgIpc) is 2.17. The summed E-state index contributed by atoms with van der Waals surface area (Å²) in [6, 6.07) is 6.09. The Kier molecular flexibility index (Phi) is 3.14. The van der Waals surface area contributed by atoms with Gasteiger partial charge < -0.3 is 0 Å². The van der Waals surface area contributed by atoms with Crippen molar-refractivity contribution in [3.8, 4) is 0 Å². The first kappa shape index (κ1) is 10.8. The highest BCUT2D eigenvalue weighted by Crippen LogP contribution is 2.32. The number of nitrogens with zero attached hydrogens (tertiary/aromatic N) is 1. The first-order valence-corrected chi connectivity index (χ1v) is 6.67. The van der Waals surface area contributed by atoms with E-state index < -0.39 is 0 Å². The third-order valence-electron chi connectivity index (χ3n) is 2.01. The highest BCUT2D eigenvalue weighted by molar-refractivity contribution is 14.1. The zero-order valence-corrected chi connectivity index (χ0v) is 12.6. The van der Waals surface area contributed by atoms with E-state index in [1.165, 1.54) is 3.57 Å². The fourth-order valence-corrected chi connectivity index (χ4v) is 2.77. The lowest BCUT2D eigenvalue weighted by Gasteiger charge is -2.06. The summed E-state index contributed by atoms with van der Waals surface area (Å²) >= 11 is 9.41. The standard InChI is InChI=1S/C10H6Br2IN/c1-5-9(13)8(12)6-3-2-4-7(11)10(6)14-5/h2-4H,1H3. The normalized spacial score (nSPS) is 10.9. The van der Waals surface area contributed by atoms with Crippen LogP contribution in [-0.4, -0.2) is 4.98 Å². The minimum atomic E-state index is 1.01. The van der Waals surface area contributed by atoms with Gasteiger partial charge in [0.05, 0.1) is 11.2 Å². The fraction of sp³-hybridized carbons (Fsp3) is 0.100. The topological polar surface area (TPSA) is 12.9 Å². The van der Waals surface area contributed by atoms with E-state index in [-0.39, 0.29) is 0 Å². The molecule has 1 nitrogen and oxygen atoms in total. The summed E-state index contributed by atoms with van der Waals surface area (Å²) in [5, 5.41) is 1.15. The molecule has 0 spiro atoms. The molecule has 0 saturated carbocycles. The van der Waals surface area contributed by atoms with E-state index in [9.17, 15) is 0 Å². The molecule has 72 valence electrons. The number of halogens is 3. The van der Waals surface area contributed by atoms with Gasteiger partial charge in [-0.15, -0.1) is 0 Å². The zero-order chi connectivity index (χ0) is 10.3. The van der Waals surface area contributed by atoms with Gasteiger partial charge in [0, 0.05) is 17.9 Å². The maximum atomic E-state index is 4.55. The average molecular weight is 427 g/mol. The van der Waals surface area contributed by atoms with Gasteiger partial charge in [-0.25, -0.2) is 0 Å². The van der Waals surface area contributed by atoms with Gasteiger partial charge in [0.25, 0.3) is 0 Å².